The largest absolute Gasteiger partial charge is 0.496 e. The standard InChI is InChI=1S/C15H17ClN2O/c1-18(13-7-9-17-15(16)11-13)10-8-12-5-3-4-6-14(12)19-2/h3-7,9,11H,8,10H2,1-2H3. The van der Waals surface area contributed by atoms with Crippen LogP contribution in [0.3, 0.4) is 0 Å². The molecule has 0 atom stereocenters. The van der Waals surface area contributed by atoms with E-state index >= 15 is 0 Å². The van der Waals surface area contributed by atoms with Gasteiger partial charge in [0.1, 0.15) is 10.9 Å². The summed E-state index contributed by atoms with van der Waals surface area (Å²) >= 11 is 5.90. The monoisotopic (exact) mass is 276 g/mol. The zero-order valence-electron chi connectivity index (χ0n) is 11.1. The van der Waals surface area contributed by atoms with Crippen molar-refractivity contribution in [2.24, 2.45) is 0 Å². The number of halogens is 1. The van der Waals surface area contributed by atoms with Crippen LogP contribution >= 0.6 is 11.6 Å². The molecule has 4 heteroatoms. The first-order valence-electron chi connectivity index (χ1n) is 6.15. The van der Waals surface area contributed by atoms with Crippen LogP contribution in [-0.2, 0) is 6.42 Å². The van der Waals surface area contributed by atoms with Crippen molar-refractivity contribution >= 4 is 17.3 Å². The van der Waals surface area contributed by atoms with Gasteiger partial charge >= 0.3 is 0 Å². The van der Waals surface area contributed by atoms with Crippen molar-refractivity contribution in [3.8, 4) is 5.75 Å². The molecule has 0 aliphatic rings. The second kappa shape index (κ2) is 6.43. The maximum absolute atomic E-state index is 5.90. The topological polar surface area (TPSA) is 25.4 Å². The Hall–Kier alpha value is -1.74. The summed E-state index contributed by atoms with van der Waals surface area (Å²) in [7, 11) is 3.74. The van der Waals surface area contributed by atoms with Crippen LogP contribution in [0, 0.1) is 0 Å². The first-order chi connectivity index (χ1) is 9.20. The lowest BCUT2D eigenvalue weighted by Crippen LogP contribution is -2.20. The fourth-order valence-corrected chi connectivity index (χ4v) is 2.12. The van der Waals surface area contributed by atoms with Gasteiger partial charge in [0.2, 0.25) is 0 Å². The Morgan fingerprint density at radius 1 is 1.26 bits per heavy atom. The number of nitrogens with zero attached hydrogens (tertiary/aromatic N) is 2. The molecule has 0 spiro atoms. The number of para-hydroxylation sites is 1. The molecule has 0 unspecified atom stereocenters. The van der Waals surface area contributed by atoms with Gasteiger partial charge in [-0.2, -0.15) is 0 Å². The molecular formula is C15H17ClN2O. The zero-order chi connectivity index (χ0) is 13.7. The van der Waals surface area contributed by atoms with Crippen molar-refractivity contribution in [2.45, 2.75) is 6.42 Å². The van der Waals surface area contributed by atoms with Gasteiger partial charge in [-0.3, -0.25) is 0 Å². The quantitative estimate of drug-likeness (QED) is 0.783. The summed E-state index contributed by atoms with van der Waals surface area (Å²) in [5.41, 5.74) is 2.27. The number of aromatic nitrogens is 1. The summed E-state index contributed by atoms with van der Waals surface area (Å²) < 4.78 is 5.35. The fourth-order valence-electron chi connectivity index (χ4n) is 1.96. The molecule has 0 aliphatic carbocycles. The lowest BCUT2D eigenvalue weighted by Gasteiger charge is -2.19. The van der Waals surface area contributed by atoms with E-state index in [0.717, 1.165) is 24.4 Å². The van der Waals surface area contributed by atoms with Crippen molar-refractivity contribution in [1.29, 1.82) is 0 Å². The van der Waals surface area contributed by atoms with Crippen LogP contribution in [0.15, 0.2) is 42.6 Å². The Labute approximate surface area is 118 Å². The van der Waals surface area contributed by atoms with Crippen molar-refractivity contribution in [2.75, 3.05) is 25.6 Å². The fraction of sp³-hybridized carbons (Fsp3) is 0.267. The third kappa shape index (κ3) is 3.61. The van der Waals surface area contributed by atoms with Crippen LogP contribution in [0.25, 0.3) is 0 Å². The number of likely N-dealkylation sites (N-methyl/N-ethyl adjacent to an activating group) is 1. The number of ether oxygens (including phenoxy) is 1. The molecule has 0 fully saturated rings. The van der Waals surface area contributed by atoms with Gasteiger partial charge in [0, 0.05) is 25.5 Å². The van der Waals surface area contributed by atoms with E-state index in [1.807, 2.05) is 37.4 Å². The molecule has 100 valence electrons. The number of benzene rings is 1. The first kappa shape index (κ1) is 13.7. The van der Waals surface area contributed by atoms with Gasteiger partial charge in [0.15, 0.2) is 0 Å². The molecule has 1 aromatic heterocycles. The number of pyridine rings is 1. The highest BCUT2D eigenvalue weighted by Gasteiger charge is 2.05. The molecule has 1 aromatic carbocycles. The Kier molecular flexibility index (Phi) is 4.63. The average Bonchev–Trinajstić information content (AvgIpc) is 2.45. The molecule has 19 heavy (non-hydrogen) atoms. The van der Waals surface area contributed by atoms with Crippen LogP contribution in [0.4, 0.5) is 5.69 Å². The molecular weight excluding hydrogens is 260 g/mol. The third-order valence-corrected chi connectivity index (χ3v) is 3.27. The number of rotatable bonds is 5. The van der Waals surface area contributed by atoms with E-state index in [0.29, 0.717) is 5.15 Å². The van der Waals surface area contributed by atoms with Gasteiger partial charge in [-0.15, -0.1) is 0 Å². The minimum absolute atomic E-state index is 0.515. The van der Waals surface area contributed by atoms with E-state index in [4.69, 9.17) is 16.3 Å². The van der Waals surface area contributed by atoms with Crippen LogP contribution in [0.1, 0.15) is 5.56 Å². The number of hydrogen-bond donors (Lipinski definition) is 0. The van der Waals surface area contributed by atoms with E-state index in [1.54, 1.807) is 13.3 Å². The summed E-state index contributed by atoms with van der Waals surface area (Å²) in [4.78, 5) is 6.14. The van der Waals surface area contributed by atoms with E-state index in [9.17, 15) is 0 Å². The van der Waals surface area contributed by atoms with Gasteiger partial charge in [-0.1, -0.05) is 29.8 Å². The van der Waals surface area contributed by atoms with Gasteiger partial charge in [0.05, 0.1) is 7.11 Å². The van der Waals surface area contributed by atoms with E-state index in [-0.39, 0.29) is 0 Å². The first-order valence-corrected chi connectivity index (χ1v) is 6.53. The van der Waals surface area contributed by atoms with E-state index < -0.39 is 0 Å². The maximum Gasteiger partial charge on any atom is 0.131 e. The molecule has 0 amide bonds. The molecule has 2 rings (SSSR count). The van der Waals surface area contributed by atoms with Gasteiger partial charge in [-0.25, -0.2) is 4.98 Å². The Morgan fingerprint density at radius 3 is 2.79 bits per heavy atom. The molecule has 0 saturated carbocycles. The SMILES string of the molecule is COc1ccccc1CCN(C)c1ccnc(Cl)c1. The van der Waals surface area contributed by atoms with Gasteiger partial charge in [0.25, 0.3) is 0 Å². The van der Waals surface area contributed by atoms with Crippen LogP contribution in [-0.4, -0.2) is 25.7 Å². The van der Waals surface area contributed by atoms with E-state index in [1.165, 1.54) is 5.56 Å². The predicted octanol–water partition coefficient (Wildman–Crippen LogP) is 3.42. The highest BCUT2D eigenvalue weighted by Crippen LogP contribution is 2.20. The Balaban J connectivity index is 2.02. The third-order valence-electron chi connectivity index (χ3n) is 3.06. The van der Waals surface area contributed by atoms with Crippen molar-refractivity contribution < 1.29 is 4.74 Å². The molecule has 0 bridgehead atoms. The van der Waals surface area contributed by atoms with Crippen LogP contribution < -0.4 is 9.64 Å². The average molecular weight is 277 g/mol. The minimum Gasteiger partial charge on any atom is -0.496 e. The molecule has 0 radical (unpaired) electrons. The molecule has 1 heterocycles. The van der Waals surface area contributed by atoms with Crippen LogP contribution in [0.2, 0.25) is 5.15 Å². The smallest absolute Gasteiger partial charge is 0.131 e. The second-order valence-corrected chi connectivity index (χ2v) is 4.71. The normalized spacial score (nSPS) is 10.3. The highest BCUT2D eigenvalue weighted by atomic mass is 35.5. The lowest BCUT2D eigenvalue weighted by molar-refractivity contribution is 0.409. The summed E-state index contributed by atoms with van der Waals surface area (Å²) in [6.45, 7) is 0.890. The van der Waals surface area contributed by atoms with E-state index in [2.05, 4.69) is 16.0 Å². The summed E-state index contributed by atoms with van der Waals surface area (Å²) in [5.74, 6) is 0.934. The molecule has 2 aromatic rings. The lowest BCUT2D eigenvalue weighted by atomic mass is 10.1. The number of hydrogen-bond acceptors (Lipinski definition) is 3. The van der Waals surface area contributed by atoms with Gasteiger partial charge in [-0.05, 0) is 30.2 Å². The van der Waals surface area contributed by atoms with Crippen molar-refractivity contribution in [1.82, 2.24) is 4.98 Å². The Bertz CT molecular complexity index is 545. The number of anilines is 1. The summed E-state index contributed by atoms with van der Waals surface area (Å²) in [5, 5.41) is 0.515. The number of methoxy groups -OCH3 is 1. The van der Waals surface area contributed by atoms with Gasteiger partial charge < -0.3 is 9.64 Å². The summed E-state index contributed by atoms with van der Waals surface area (Å²) in [6.07, 6.45) is 2.64. The molecule has 3 nitrogen and oxygen atoms in total. The van der Waals surface area contributed by atoms with Crippen molar-refractivity contribution in [3.63, 3.8) is 0 Å². The predicted molar refractivity (Wildman–Crippen MR) is 79.2 cm³/mol. The highest BCUT2D eigenvalue weighted by molar-refractivity contribution is 6.29. The van der Waals surface area contributed by atoms with Crippen molar-refractivity contribution in [3.05, 3.63) is 53.3 Å². The zero-order valence-corrected chi connectivity index (χ0v) is 11.9. The molecule has 0 saturated heterocycles. The molecule has 0 aliphatic heterocycles. The second-order valence-electron chi connectivity index (χ2n) is 4.32. The summed E-state index contributed by atoms with van der Waals surface area (Å²) in [6, 6.07) is 11.9. The van der Waals surface area contributed by atoms with Crippen LogP contribution in [0.5, 0.6) is 5.75 Å². The minimum atomic E-state index is 0.515. The maximum atomic E-state index is 5.90. The Morgan fingerprint density at radius 2 is 2.05 bits per heavy atom. The molecule has 0 N–H and O–H groups in total.